The van der Waals surface area contributed by atoms with Crippen LogP contribution in [0.4, 0.5) is 17.1 Å². The maximum atomic E-state index is 6.80. The van der Waals surface area contributed by atoms with Crippen LogP contribution in [0, 0.1) is 0 Å². The van der Waals surface area contributed by atoms with Gasteiger partial charge in [-0.05, 0) is 86.0 Å². The number of aromatic nitrogens is 4. The first-order valence-electron chi connectivity index (χ1n) is 23.1. The molecular formula is C58H44N6OS. The fraction of sp³-hybridized carbons (Fsp3) is 0.121. The first kappa shape index (κ1) is 37.6. The molecule has 8 aromatic carbocycles. The Hall–Kier alpha value is -7.81. The van der Waals surface area contributed by atoms with Gasteiger partial charge in [-0.25, -0.2) is 4.98 Å². The molecule has 5 heterocycles. The predicted molar refractivity (Wildman–Crippen MR) is 273 cm³/mol. The molecule has 2 aliphatic rings. The summed E-state index contributed by atoms with van der Waals surface area (Å²) in [6, 6.07) is 69.3. The first-order valence-corrected chi connectivity index (χ1v) is 23.9. The van der Waals surface area contributed by atoms with Gasteiger partial charge < -0.3 is 23.7 Å². The minimum atomic E-state index is 0.110. The van der Waals surface area contributed by atoms with E-state index >= 15 is 0 Å². The third-order valence-corrected chi connectivity index (χ3v) is 15.2. The van der Waals surface area contributed by atoms with Crippen LogP contribution < -0.4 is 14.5 Å². The number of fused-ring (bicyclic) bond motifs is 10. The van der Waals surface area contributed by atoms with Crippen molar-refractivity contribution in [1.29, 1.82) is 0 Å². The van der Waals surface area contributed by atoms with Crippen LogP contribution >= 0.6 is 11.3 Å². The van der Waals surface area contributed by atoms with Gasteiger partial charge in [0, 0.05) is 83.8 Å². The Morgan fingerprint density at radius 1 is 0.470 bits per heavy atom. The van der Waals surface area contributed by atoms with E-state index in [9.17, 15) is 0 Å². The molecule has 1 saturated carbocycles. The number of anilines is 3. The second kappa shape index (κ2) is 14.9. The second-order valence-electron chi connectivity index (χ2n) is 17.8. The van der Waals surface area contributed by atoms with Crippen LogP contribution in [-0.4, -0.2) is 31.4 Å². The zero-order chi connectivity index (χ0) is 43.3. The molecule has 14 rings (SSSR count). The van der Waals surface area contributed by atoms with Crippen molar-refractivity contribution in [2.24, 2.45) is 0 Å². The predicted octanol–water partition coefficient (Wildman–Crippen LogP) is 15.2. The van der Waals surface area contributed by atoms with Gasteiger partial charge in [0.15, 0.2) is 5.13 Å². The van der Waals surface area contributed by atoms with Crippen molar-refractivity contribution in [1.82, 2.24) is 18.7 Å². The molecule has 0 spiro atoms. The Kier molecular flexibility index (Phi) is 8.46. The van der Waals surface area contributed by atoms with Gasteiger partial charge in [-0.1, -0.05) is 109 Å². The summed E-state index contributed by atoms with van der Waals surface area (Å²) in [6.07, 6.45) is 5.15. The van der Waals surface area contributed by atoms with Crippen molar-refractivity contribution in [3.8, 4) is 16.6 Å². The number of thiazole rings is 1. The molecule has 0 radical (unpaired) electrons. The van der Waals surface area contributed by atoms with Crippen LogP contribution in [0.15, 0.2) is 200 Å². The molecule has 12 aromatic rings. The number of nitrogens with zero attached hydrogens (tertiary/aromatic N) is 6. The van der Waals surface area contributed by atoms with Crippen molar-refractivity contribution in [2.75, 3.05) is 16.5 Å². The van der Waals surface area contributed by atoms with Gasteiger partial charge >= 0.3 is 0 Å². The van der Waals surface area contributed by atoms with E-state index in [0.29, 0.717) is 6.67 Å². The summed E-state index contributed by atoms with van der Waals surface area (Å²) < 4.78 is 14.5. The summed E-state index contributed by atoms with van der Waals surface area (Å²) in [5, 5.41) is 10.6. The molecular weight excluding hydrogens is 829 g/mol. The Morgan fingerprint density at radius 2 is 0.985 bits per heavy atom. The molecule has 66 heavy (non-hydrogen) atoms. The third kappa shape index (κ3) is 5.64. The summed E-state index contributed by atoms with van der Waals surface area (Å²) in [6.45, 7) is 0.703. The molecule has 0 amide bonds. The number of ether oxygens (including phenoxy) is 1. The lowest BCUT2D eigenvalue weighted by atomic mass is 9.83. The van der Waals surface area contributed by atoms with E-state index in [1.165, 1.54) is 65.8 Å². The maximum absolute atomic E-state index is 6.80. The zero-order valence-corrected chi connectivity index (χ0v) is 36.9. The van der Waals surface area contributed by atoms with Crippen LogP contribution in [0.25, 0.3) is 70.5 Å². The summed E-state index contributed by atoms with van der Waals surface area (Å²) in [7, 11) is 0. The Bertz CT molecular complexity index is 3600. The zero-order valence-electron chi connectivity index (χ0n) is 36.1. The first-order chi connectivity index (χ1) is 32.8. The van der Waals surface area contributed by atoms with E-state index in [0.717, 1.165) is 52.6 Å². The largest absolute Gasteiger partial charge is 0.457 e. The Labute approximate surface area is 385 Å². The summed E-state index contributed by atoms with van der Waals surface area (Å²) in [5.74, 6) is 1.58. The van der Waals surface area contributed by atoms with Crippen LogP contribution in [-0.2, 0) is 0 Å². The molecule has 1 aliphatic heterocycles. The van der Waals surface area contributed by atoms with Gasteiger partial charge in [0.05, 0.1) is 47.2 Å². The second-order valence-corrected chi connectivity index (χ2v) is 18.7. The highest BCUT2D eigenvalue weighted by Gasteiger charge is 2.45. The van der Waals surface area contributed by atoms with Gasteiger partial charge in [-0.15, -0.1) is 11.3 Å². The van der Waals surface area contributed by atoms with Crippen molar-refractivity contribution in [2.45, 2.75) is 37.4 Å². The van der Waals surface area contributed by atoms with E-state index in [-0.39, 0.29) is 18.1 Å². The smallest absolute Gasteiger partial charge is 0.194 e. The van der Waals surface area contributed by atoms with E-state index in [2.05, 4.69) is 212 Å². The van der Waals surface area contributed by atoms with Gasteiger partial charge in [0.2, 0.25) is 0 Å². The average Bonchev–Trinajstić information content (AvgIpc) is 4.21. The van der Waals surface area contributed by atoms with E-state index < -0.39 is 0 Å². The molecule has 4 aromatic heterocycles. The molecule has 8 heteroatoms. The number of para-hydroxylation sites is 7. The Morgan fingerprint density at radius 3 is 1.58 bits per heavy atom. The standard InChI is InChI=1S/C58H44N6OS/c1-6-22-47-41(17-1)42-18-2-7-23-48(42)62(47)54-29-14-30-55(63-49-24-8-3-19-43(49)44-20-4-9-25-50(44)63)57(54)61-37-60(52-27-11-12-28-53(52)61)38-15-13-16-39(35-38)65-40-31-32-46-45-21-5-10-26-51(45)64(56(46)36-40)58-59-33-34-66-58/h1-13,15-28,31-36,54-55,57H,14,29-30,37H2. The summed E-state index contributed by atoms with van der Waals surface area (Å²) in [5.41, 5.74) is 11.0. The van der Waals surface area contributed by atoms with Crippen molar-refractivity contribution >= 4 is 93.8 Å². The Balaban J connectivity index is 0.897. The highest BCUT2D eigenvalue weighted by Crippen LogP contribution is 2.51. The lowest BCUT2D eigenvalue weighted by Crippen LogP contribution is -2.50. The topological polar surface area (TPSA) is 43.4 Å². The number of benzene rings is 8. The van der Waals surface area contributed by atoms with Gasteiger partial charge in [-0.3, -0.25) is 4.57 Å². The van der Waals surface area contributed by atoms with Crippen molar-refractivity contribution in [3.05, 3.63) is 200 Å². The molecule has 1 fully saturated rings. The quantitative estimate of drug-likeness (QED) is 0.160. The fourth-order valence-corrected chi connectivity index (χ4v) is 12.5. The molecule has 7 nitrogen and oxygen atoms in total. The molecule has 0 saturated heterocycles. The third-order valence-electron chi connectivity index (χ3n) is 14.4. The molecule has 318 valence electrons. The molecule has 0 bridgehead atoms. The van der Waals surface area contributed by atoms with Crippen LogP contribution in [0.2, 0.25) is 0 Å². The van der Waals surface area contributed by atoms with Gasteiger partial charge in [0.25, 0.3) is 0 Å². The summed E-state index contributed by atoms with van der Waals surface area (Å²) >= 11 is 1.64. The molecule has 1 aliphatic carbocycles. The summed E-state index contributed by atoms with van der Waals surface area (Å²) in [4.78, 5) is 9.94. The number of hydrogen-bond acceptors (Lipinski definition) is 5. The molecule has 0 N–H and O–H groups in total. The van der Waals surface area contributed by atoms with E-state index in [1.807, 2.05) is 11.6 Å². The molecule has 2 unspecified atom stereocenters. The molecule has 2 atom stereocenters. The lowest BCUT2D eigenvalue weighted by molar-refractivity contribution is 0.229. The van der Waals surface area contributed by atoms with Crippen molar-refractivity contribution in [3.63, 3.8) is 0 Å². The van der Waals surface area contributed by atoms with Crippen LogP contribution in [0.3, 0.4) is 0 Å². The minimum Gasteiger partial charge on any atom is -0.457 e. The van der Waals surface area contributed by atoms with Gasteiger partial charge in [-0.2, -0.15) is 0 Å². The minimum absolute atomic E-state index is 0.110. The van der Waals surface area contributed by atoms with Crippen LogP contribution in [0.1, 0.15) is 31.3 Å². The van der Waals surface area contributed by atoms with Crippen LogP contribution in [0.5, 0.6) is 11.5 Å². The van der Waals surface area contributed by atoms with E-state index in [4.69, 9.17) is 9.72 Å². The van der Waals surface area contributed by atoms with Gasteiger partial charge in [0.1, 0.15) is 11.5 Å². The number of rotatable bonds is 7. The highest BCUT2D eigenvalue weighted by molar-refractivity contribution is 7.12. The highest BCUT2D eigenvalue weighted by atomic mass is 32.1. The normalized spacial score (nSPS) is 17.5. The fourth-order valence-electron chi connectivity index (χ4n) is 11.8. The maximum Gasteiger partial charge on any atom is 0.194 e. The SMILES string of the molecule is c1cc(Oc2ccc3c4ccccc4n(-c4nccs4)c3c2)cc(N2CN(C3C(n4c5ccccc5c5ccccc54)CCCC3n3c4ccccc4c4ccccc43)c3ccccc32)c1. The average molecular weight is 873 g/mol. The van der Waals surface area contributed by atoms with Crippen molar-refractivity contribution < 1.29 is 4.74 Å². The lowest BCUT2D eigenvalue weighted by Gasteiger charge is -2.46. The van der Waals surface area contributed by atoms with E-state index in [1.54, 1.807) is 11.3 Å². The number of hydrogen-bond donors (Lipinski definition) is 0. The monoisotopic (exact) mass is 872 g/mol.